The molecule has 0 N–H and O–H groups in total. The Kier molecular flexibility index (Phi) is 13.4. The molecule has 47 valence electrons. The van der Waals surface area contributed by atoms with Gasteiger partial charge in [-0.2, -0.15) is 0 Å². The molecule has 0 aromatic heterocycles. The van der Waals surface area contributed by atoms with Crippen molar-refractivity contribution in [3.05, 3.63) is 5.32 Å². The van der Waals surface area contributed by atoms with Crippen LogP contribution >= 0.6 is 0 Å². The van der Waals surface area contributed by atoms with Crippen molar-refractivity contribution < 1.29 is 77.7 Å². The zero-order valence-electron chi connectivity index (χ0n) is 6.01. The van der Waals surface area contributed by atoms with E-state index in [1.165, 1.54) is 0 Å². The molecule has 0 unspecified atom stereocenters. The minimum atomic E-state index is 0. The first-order valence-corrected chi connectivity index (χ1v) is 2.71. The second-order valence-electron chi connectivity index (χ2n) is 1.97. The number of piperazine rings is 1. The van der Waals surface area contributed by atoms with Crippen molar-refractivity contribution in [2.24, 2.45) is 0 Å². The molecule has 1 heterocycles. The number of rotatable bonds is 0. The van der Waals surface area contributed by atoms with Crippen molar-refractivity contribution >= 4 is 0 Å². The van der Waals surface area contributed by atoms with Crippen LogP contribution in [0.3, 0.4) is 0 Å². The van der Waals surface area contributed by atoms with Crippen LogP contribution in [-0.4, -0.2) is 38.1 Å². The zero-order valence-corrected chi connectivity index (χ0v) is 14.7. The Morgan fingerprint density at radius 3 is 1.89 bits per heavy atom. The molecule has 1 rings (SSSR count). The van der Waals surface area contributed by atoms with E-state index in [9.17, 15) is 0 Å². The molecule has 1 aliphatic heterocycles. The van der Waals surface area contributed by atoms with E-state index in [0.29, 0.717) is 0 Å². The van der Waals surface area contributed by atoms with Crippen LogP contribution in [0, 0.1) is 45.0 Å². The fourth-order valence-corrected chi connectivity index (χ4v) is 0.706. The van der Waals surface area contributed by atoms with Crippen molar-refractivity contribution in [3.8, 4) is 0 Å². The van der Waals surface area contributed by atoms with E-state index in [-0.39, 0.29) is 77.7 Å². The van der Waals surface area contributed by atoms with Gasteiger partial charge in [-0.1, -0.05) is 0 Å². The Bertz CT molecular complexity index is 56.9. The van der Waals surface area contributed by atoms with E-state index in [1.807, 2.05) is 0 Å². The topological polar surface area (TPSA) is 17.3 Å². The Balaban J connectivity index is 0. The molecular weight excluding hydrogens is 403 g/mol. The van der Waals surface area contributed by atoms with Crippen LogP contribution in [0.5, 0.6) is 0 Å². The maximum atomic E-state index is 4.19. The van der Waals surface area contributed by atoms with Gasteiger partial charge in [0, 0.05) is 77.7 Å². The van der Waals surface area contributed by atoms with Gasteiger partial charge in [-0.3, -0.25) is 0 Å². The van der Waals surface area contributed by atoms with E-state index in [2.05, 4.69) is 17.3 Å². The zero-order chi connectivity index (χ0) is 5.11. The largest absolute Gasteiger partial charge is 0.660 e. The molecule has 0 amide bonds. The molecule has 3 radical (unpaired) electrons. The summed E-state index contributed by atoms with van der Waals surface area (Å²) in [6.07, 6.45) is 0. The summed E-state index contributed by atoms with van der Waals surface area (Å²) < 4.78 is 0. The van der Waals surface area contributed by atoms with Crippen LogP contribution in [0.25, 0.3) is 5.32 Å². The molecule has 2 nitrogen and oxygen atoms in total. The SMILES string of the molecule is CN1CC[N-]CC1.[Ra].[Y]. The van der Waals surface area contributed by atoms with Gasteiger partial charge in [0.15, 0.2) is 0 Å². The van der Waals surface area contributed by atoms with Crippen LogP contribution in [0.4, 0.5) is 0 Å². The van der Waals surface area contributed by atoms with E-state index in [4.69, 9.17) is 0 Å². The third-order valence-corrected chi connectivity index (χ3v) is 1.28. The van der Waals surface area contributed by atoms with Crippen LogP contribution in [0.2, 0.25) is 0 Å². The van der Waals surface area contributed by atoms with Crippen LogP contribution < -0.4 is 0 Å². The van der Waals surface area contributed by atoms with Gasteiger partial charge in [0.05, 0.1) is 0 Å². The van der Waals surface area contributed by atoms with Crippen molar-refractivity contribution in [1.82, 2.24) is 4.90 Å². The van der Waals surface area contributed by atoms with Gasteiger partial charge in [0.1, 0.15) is 0 Å². The maximum Gasteiger partial charge on any atom is 0 e. The summed E-state index contributed by atoms with van der Waals surface area (Å²) in [7, 11) is 2.13. The molecule has 0 bridgehead atoms. The molecule has 1 aliphatic rings. The third-order valence-electron chi connectivity index (χ3n) is 1.28. The fourth-order valence-electron chi connectivity index (χ4n) is 0.706. The van der Waals surface area contributed by atoms with Crippen molar-refractivity contribution in [2.75, 3.05) is 33.2 Å². The summed E-state index contributed by atoms with van der Waals surface area (Å²) in [5.41, 5.74) is 0. The Labute approximate surface area is 119 Å². The van der Waals surface area contributed by atoms with Gasteiger partial charge in [0.2, 0.25) is 0 Å². The second kappa shape index (κ2) is 8.59. The molecule has 0 aromatic rings. The van der Waals surface area contributed by atoms with E-state index >= 15 is 0 Å². The minimum absolute atomic E-state index is 0. The Morgan fingerprint density at radius 2 is 1.67 bits per heavy atom. The predicted octanol–water partition coefficient (Wildman–Crippen LogP) is 0.303. The van der Waals surface area contributed by atoms with E-state index in [0.717, 1.165) is 26.2 Å². The van der Waals surface area contributed by atoms with Crippen molar-refractivity contribution in [2.45, 2.75) is 0 Å². The quantitative estimate of drug-likeness (QED) is 0.558. The van der Waals surface area contributed by atoms with Crippen LogP contribution in [0.1, 0.15) is 0 Å². The molecule has 0 aromatic carbocycles. The molecule has 9 heavy (non-hydrogen) atoms. The van der Waals surface area contributed by atoms with Gasteiger partial charge >= 0.3 is 0 Å². The summed E-state index contributed by atoms with van der Waals surface area (Å²) in [6.45, 7) is 4.38. The fraction of sp³-hybridized carbons (Fsp3) is 1.00. The average molecular weight is 414 g/mol. The van der Waals surface area contributed by atoms with Gasteiger partial charge in [-0.15, -0.1) is 13.1 Å². The Hall–Kier alpha value is 2.49. The van der Waals surface area contributed by atoms with Crippen LogP contribution in [-0.2, 0) is 32.7 Å². The monoisotopic (exact) mass is 414 g/mol. The number of likely N-dealkylation sites (N-methyl/N-ethyl adjacent to an activating group) is 1. The summed E-state index contributed by atoms with van der Waals surface area (Å²) >= 11 is 0. The maximum absolute atomic E-state index is 4.19. The van der Waals surface area contributed by atoms with Crippen LogP contribution in [0.15, 0.2) is 0 Å². The van der Waals surface area contributed by atoms with Gasteiger partial charge in [0.25, 0.3) is 0 Å². The summed E-state index contributed by atoms with van der Waals surface area (Å²) in [4.78, 5) is 2.30. The number of nitrogens with zero attached hydrogens (tertiary/aromatic N) is 2. The summed E-state index contributed by atoms with van der Waals surface area (Å²) in [5, 5.41) is 4.19. The summed E-state index contributed by atoms with van der Waals surface area (Å²) in [5.74, 6) is 0. The second-order valence-corrected chi connectivity index (χ2v) is 1.97. The number of hydrogen-bond donors (Lipinski definition) is 0. The molecule has 0 atom stereocenters. The first-order chi connectivity index (χ1) is 3.39. The standard InChI is InChI=1S/C5H11N2.Ra.Y/c1-7-4-2-6-3-5-7;;/h2-5H2,1H3;;/q-1;;. The third kappa shape index (κ3) is 6.87. The van der Waals surface area contributed by atoms with E-state index < -0.39 is 0 Å². The molecular formula is C5H11N2RaY-. The Morgan fingerprint density at radius 1 is 1.22 bits per heavy atom. The average Bonchev–Trinajstić information content (AvgIpc) is 1.69. The predicted molar refractivity (Wildman–Crippen MR) is 30.6 cm³/mol. The smallest absolute Gasteiger partial charge is 0 e. The van der Waals surface area contributed by atoms with Crippen molar-refractivity contribution in [3.63, 3.8) is 0 Å². The van der Waals surface area contributed by atoms with Gasteiger partial charge in [-0.25, -0.2) is 0 Å². The first kappa shape index (κ1) is 14.0. The normalized spacial score (nSPS) is 19.7. The molecule has 4 heteroatoms. The molecule has 1 fully saturated rings. The summed E-state index contributed by atoms with van der Waals surface area (Å²) in [6, 6.07) is 0. The van der Waals surface area contributed by atoms with Gasteiger partial charge < -0.3 is 10.2 Å². The number of hydrogen-bond acceptors (Lipinski definition) is 1. The van der Waals surface area contributed by atoms with Crippen molar-refractivity contribution in [1.29, 1.82) is 0 Å². The molecule has 0 aliphatic carbocycles. The minimum Gasteiger partial charge on any atom is -0.660 e. The van der Waals surface area contributed by atoms with Gasteiger partial charge in [-0.05, 0) is 20.1 Å². The van der Waals surface area contributed by atoms with E-state index in [1.54, 1.807) is 0 Å². The molecule has 0 saturated carbocycles. The first-order valence-electron chi connectivity index (χ1n) is 2.71. The molecule has 0 spiro atoms. The molecule has 1 saturated heterocycles.